The highest BCUT2D eigenvalue weighted by Crippen LogP contribution is 2.29. The Bertz CT molecular complexity index is 228. The van der Waals surface area contributed by atoms with Crippen LogP contribution in [0.3, 0.4) is 0 Å². The van der Waals surface area contributed by atoms with Gasteiger partial charge in [0, 0.05) is 4.92 Å². The number of esters is 1. The molecule has 0 aliphatic carbocycles. The number of hydrogen-bond acceptors (Lipinski definition) is 4. The molecule has 0 aromatic heterocycles. The number of nitrogens with zero attached hydrogens (tertiary/aromatic N) is 1. The molecular formula is C6H8F3NO4. The third-order valence-corrected chi connectivity index (χ3v) is 1.47. The molecule has 0 bridgehead atoms. The summed E-state index contributed by atoms with van der Waals surface area (Å²) in [4.78, 5) is 19.3. The minimum Gasteiger partial charge on any atom is -0.469 e. The molecule has 0 heterocycles. The first-order valence-electron chi connectivity index (χ1n) is 3.52. The van der Waals surface area contributed by atoms with Crippen molar-refractivity contribution in [2.24, 2.45) is 5.92 Å². The summed E-state index contributed by atoms with van der Waals surface area (Å²) in [6.45, 7) is -1.32. The molecule has 0 fully saturated rings. The average molecular weight is 215 g/mol. The number of alkyl halides is 3. The van der Waals surface area contributed by atoms with Gasteiger partial charge in [-0.05, 0) is 0 Å². The fraction of sp³-hybridized carbons (Fsp3) is 0.833. The molecule has 0 aromatic rings. The Morgan fingerprint density at radius 2 is 2.07 bits per heavy atom. The molecule has 0 aliphatic heterocycles. The molecule has 5 nitrogen and oxygen atoms in total. The van der Waals surface area contributed by atoms with Crippen molar-refractivity contribution in [2.75, 3.05) is 13.7 Å². The maximum absolute atomic E-state index is 12.1. The first kappa shape index (κ1) is 12.7. The van der Waals surface area contributed by atoms with Gasteiger partial charge in [-0.3, -0.25) is 14.9 Å². The average Bonchev–Trinajstić information content (AvgIpc) is 2.00. The summed E-state index contributed by atoms with van der Waals surface area (Å²) in [6, 6.07) is 0. The van der Waals surface area contributed by atoms with Crippen molar-refractivity contribution in [3.8, 4) is 0 Å². The maximum Gasteiger partial charge on any atom is 0.398 e. The van der Waals surface area contributed by atoms with Crippen LogP contribution >= 0.6 is 0 Å². The predicted molar refractivity (Wildman–Crippen MR) is 38.0 cm³/mol. The molecule has 0 radical (unpaired) electrons. The van der Waals surface area contributed by atoms with Crippen LogP contribution in [0.4, 0.5) is 13.2 Å². The molecular weight excluding hydrogens is 207 g/mol. The van der Waals surface area contributed by atoms with Crippen molar-refractivity contribution in [1.82, 2.24) is 0 Å². The molecule has 1 atom stereocenters. The quantitative estimate of drug-likeness (QED) is 0.398. The van der Waals surface area contributed by atoms with Gasteiger partial charge in [-0.2, -0.15) is 13.2 Å². The summed E-state index contributed by atoms with van der Waals surface area (Å²) in [5.74, 6) is -3.40. The van der Waals surface area contributed by atoms with E-state index in [0.717, 1.165) is 7.11 Å². The van der Waals surface area contributed by atoms with Crippen LogP contribution in [-0.2, 0) is 9.53 Å². The first-order valence-corrected chi connectivity index (χ1v) is 3.52. The fourth-order valence-corrected chi connectivity index (χ4v) is 0.748. The van der Waals surface area contributed by atoms with E-state index in [1.54, 1.807) is 0 Å². The zero-order valence-electron chi connectivity index (χ0n) is 7.21. The van der Waals surface area contributed by atoms with Crippen molar-refractivity contribution in [3.63, 3.8) is 0 Å². The van der Waals surface area contributed by atoms with E-state index >= 15 is 0 Å². The lowest BCUT2D eigenvalue weighted by molar-refractivity contribution is -0.497. The minimum atomic E-state index is -4.76. The lowest BCUT2D eigenvalue weighted by atomic mass is 10.1. The fourth-order valence-electron chi connectivity index (χ4n) is 0.748. The molecule has 0 amide bonds. The number of halogens is 3. The number of methoxy groups -OCH3 is 1. The van der Waals surface area contributed by atoms with Crippen molar-refractivity contribution in [2.45, 2.75) is 12.6 Å². The lowest BCUT2D eigenvalue weighted by Crippen LogP contribution is -2.32. The molecule has 0 saturated carbocycles. The van der Waals surface area contributed by atoms with Gasteiger partial charge in [-0.25, -0.2) is 0 Å². The largest absolute Gasteiger partial charge is 0.469 e. The first-order chi connectivity index (χ1) is 6.27. The second kappa shape index (κ2) is 4.77. The predicted octanol–water partition coefficient (Wildman–Crippen LogP) is 1.00. The van der Waals surface area contributed by atoms with Gasteiger partial charge in [0.1, 0.15) is 5.92 Å². The van der Waals surface area contributed by atoms with Crippen molar-refractivity contribution < 1.29 is 27.6 Å². The molecule has 1 unspecified atom stereocenters. The normalized spacial score (nSPS) is 13.4. The second-order valence-electron chi connectivity index (χ2n) is 2.53. The van der Waals surface area contributed by atoms with Gasteiger partial charge >= 0.3 is 12.1 Å². The summed E-state index contributed by atoms with van der Waals surface area (Å²) in [7, 11) is 0.919. The van der Waals surface area contributed by atoms with E-state index in [-0.39, 0.29) is 0 Å². The molecule has 0 aromatic carbocycles. The van der Waals surface area contributed by atoms with Crippen LogP contribution in [0.15, 0.2) is 0 Å². The van der Waals surface area contributed by atoms with Crippen molar-refractivity contribution >= 4 is 5.97 Å². The number of hydrogen-bond donors (Lipinski definition) is 0. The Morgan fingerprint density at radius 3 is 2.36 bits per heavy atom. The van der Waals surface area contributed by atoms with Crippen LogP contribution in [0.2, 0.25) is 0 Å². The number of carbonyl (C=O) groups is 1. The van der Waals surface area contributed by atoms with E-state index < -0.39 is 36.0 Å². The molecule has 82 valence electrons. The molecule has 8 heteroatoms. The van der Waals surface area contributed by atoms with Gasteiger partial charge in [0.05, 0.1) is 13.5 Å². The SMILES string of the molecule is COC(=O)CC(C[N+](=O)[O-])C(F)(F)F. The lowest BCUT2D eigenvalue weighted by Gasteiger charge is -2.14. The monoisotopic (exact) mass is 215 g/mol. The second-order valence-corrected chi connectivity index (χ2v) is 2.53. The Labute approximate surface area is 77.0 Å². The van der Waals surface area contributed by atoms with Gasteiger partial charge in [0.25, 0.3) is 0 Å². The summed E-state index contributed by atoms with van der Waals surface area (Å²) < 4.78 is 40.2. The van der Waals surface area contributed by atoms with Gasteiger partial charge in [-0.15, -0.1) is 0 Å². The van der Waals surface area contributed by atoms with Crippen LogP contribution in [0, 0.1) is 16.0 Å². The zero-order chi connectivity index (χ0) is 11.4. The number of rotatable bonds is 4. The van der Waals surface area contributed by atoms with E-state index in [0.29, 0.717) is 0 Å². The third-order valence-electron chi connectivity index (χ3n) is 1.47. The topological polar surface area (TPSA) is 69.4 Å². The van der Waals surface area contributed by atoms with Crippen LogP contribution < -0.4 is 0 Å². The smallest absolute Gasteiger partial charge is 0.398 e. The van der Waals surface area contributed by atoms with Gasteiger partial charge in [-0.1, -0.05) is 0 Å². The molecule has 0 saturated heterocycles. The Hall–Kier alpha value is -1.34. The highest BCUT2D eigenvalue weighted by molar-refractivity contribution is 5.69. The maximum atomic E-state index is 12.1. The molecule has 14 heavy (non-hydrogen) atoms. The van der Waals surface area contributed by atoms with Crippen LogP contribution in [0.5, 0.6) is 0 Å². The van der Waals surface area contributed by atoms with E-state index in [2.05, 4.69) is 4.74 Å². The molecule has 0 aliphatic rings. The van der Waals surface area contributed by atoms with Gasteiger partial charge < -0.3 is 4.74 Å². The Balaban J connectivity index is 4.41. The zero-order valence-corrected chi connectivity index (χ0v) is 7.21. The summed E-state index contributed by atoms with van der Waals surface area (Å²) in [6.07, 6.45) is -5.79. The van der Waals surface area contributed by atoms with E-state index in [1.165, 1.54) is 0 Å². The van der Waals surface area contributed by atoms with E-state index in [1.807, 2.05) is 0 Å². The number of carbonyl (C=O) groups excluding carboxylic acids is 1. The molecule has 0 spiro atoms. The van der Waals surface area contributed by atoms with E-state index in [9.17, 15) is 28.1 Å². The van der Waals surface area contributed by atoms with Gasteiger partial charge in [0.15, 0.2) is 0 Å². The highest BCUT2D eigenvalue weighted by Gasteiger charge is 2.44. The van der Waals surface area contributed by atoms with Crippen LogP contribution in [0.1, 0.15) is 6.42 Å². The van der Waals surface area contributed by atoms with Crippen LogP contribution in [-0.4, -0.2) is 30.7 Å². The summed E-state index contributed by atoms with van der Waals surface area (Å²) in [5.41, 5.74) is 0. The standard InChI is InChI=1S/C6H8F3NO4/c1-14-5(11)2-4(3-10(12)13)6(7,8)9/h4H,2-3H2,1H3. The van der Waals surface area contributed by atoms with Crippen molar-refractivity contribution in [3.05, 3.63) is 10.1 Å². The number of nitro groups is 1. The highest BCUT2D eigenvalue weighted by atomic mass is 19.4. The Morgan fingerprint density at radius 1 is 1.57 bits per heavy atom. The Kier molecular flexibility index (Phi) is 4.32. The van der Waals surface area contributed by atoms with Crippen molar-refractivity contribution in [1.29, 1.82) is 0 Å². The molecule has 0 N–H and O–H groups in total. The third kappa shape index (κ3) is 4.63. The minimum absolute atomic E-state index is 0.919. The van der Waals surface area contributed by atoms with Crippen LogP contribution in [0.25, 0.3) is 0 Å². The van der Waals surface area contributed by atoms with E-state index in [4.69, 9.17) is 0 Å². The van der Waals surface area contributed by atoms with Gasteiger partial charge in [0.2, 0.25) is 6.54 Å². The molecule has 0 rings (SSSR count). The number of ether oxygens (including phenoxy) is 1. The summed E-state index contributed by atoms with van der Waals surface area (Å²) in [5, 5.41) is 9.88. The summed E-state index contributed by atoms with van der Waals surface area (Å²) >= 11 is 0.